The van der Waals surface area contributed by atoms with Crippen molar-refractivity contribution in [1.29, 1.82) is 0 Å². The van der Waals surface area contributed by atoms with E-state index < -0.39 is 0 Å². The lowest BCUT2D eigenvalue weighted by molar-refractivity contribution is 0.0657. The van der Waals surface area contributed by atoms with Crippen molar-refractivity contribution in [3.05, 3.63) is 48.6 Å². The van der Waals surface area contributed by atoms with Crippen LogP contribution in [0, 0.1) is 5.92 Å². The molecule has 0 amide bonds. The highest BCUT2D eigenvalue weighted by atomic mass is 16.5. The quantitative estimate of drug-likeness (QED) is 0.663. The number of hydrogen-bond acceptors (Lipinski definition) is 1. The molecule has 0 aliphatic rings. The predicted molar refractivity (Wildman–Crippen MR) is 76.0 cm³/mol. The van der Waals surface area contributed by atoms with Crippen molar-refractivity contribution in [2.45, 2.75) is 46.8 Å². The van der Waals surface area contributed by atoms with Crippen LogP contribution >= 0.6 is 0 Å². The molecule has 1 heteroatoms. The number of benzene rings is 1. The van der Waals surface area contributed by atoms with Crippen LogP contribution in [0.25, 0.3) is 0 Å². The molecule has 1 rings (SSSR count). The van der Waals surface area contributed by atoms with Crippen LogP contribution in [0.3, 0.4) is 0 Å². The largest absolute Gasteiger partial charge is 0.374 e. The lowest BCUT2D eigenvalue weighted by Crippen LogP contribution is -2.01. The maximum absolute atomic E-state index is 5.43. The molecule has 0 aliphatic heterocycles. The Morgan fingerprint density at radius 3 is 2.06 bits per heavy atom. The topological polar surface area (TPSA) is 9.23 Å². The molecule has 0 aromatic heterocycles. The Balaban J connectivity index is 0.000000366. The summed E-state index contributed by atoms with van der Waals surface area (Å²) in [5.41, 5.74) is 1.24. The fourth-order valence-electron chi connectivity index (χ4n) is 1.17. The van der Waals surface area contributed by atoms with Gasteiger partial charge < -0.3 is 4.74 Å². The minimum Gasteiger partial charge on any atom is -0.374 e. The molecule has 0 fully saturated rings. The van der Waals surface area contributed by atoms with Gasteiger partial charge >= 0.3 is 0 Å². The Hall–Kier alpha value is -1.08. The van der Waals surface area contributed by atoms with E-state index in [1.54, 1.807) is 0 Å². The molecular formula is C16H26O. The van der Waals surface area contributed by atoms with E-state index in [0.717, 1.165) is 18.9 Å². The normalized spacial score (nSPS) is 10.0. The van der Waals surface area contributed by atoms with Crippen LogP contribution in [-0.4, -0.2) is 6.10 Å². The Morgan fingerprint density at radius 1 is 1.12 bits per heavy atom. The highest BCUT2D eigenvalue weighted by Gasteiger charge is 1.93. The molecular weight excluding hydrogens is 208 g/mol. The van der Waals surface area contributed by atoms with Crippen LogP contribution in [0.2, 0.25) is 0 Å². The Morgan fingerprint density at radius 2 is 1.71 bits per heavy atom. The maximum atomic E-state index is 5.43. The van der Waals surface area contributed by atoms with Crippen molar-refractivity contribution in [2.24, 2.45) is 5.92 Å². The second-order valence-electron chi connectivity index (χ2n) is 4.76. The van der Waals surface area contributed by atoms with Gasteiger partial charge in [-0.2, -0.15) is 0 Å². The van der Waals surface area contributed by atoms with Gasteiger partial charge in [-0.25, -0.2) is 0 Å². The van der Waals surface area contributed by atoms with Crippen LogP contribution in [0.1, 0.15) is 39.7 Å². The zero-order valence-electron chi connectivity index (χ0n) is 11.6. The monoisotopic (exact) mass is 234 g/mol. The van der Waals surface area contributed by atoms with E-state index in [9.17, 15) is 0 Å². The minimum atomic E-state index is 0.315. The number of rotatable bonds is 5. The van der Waals surface area contributed by atoms with Crippen molar-refractivity contribution >= 4 is 0 Å². The van der Waals surface area contributed by atoms with E-state index >= 15 is 0 Å². The highest BCUT2D eigenvalue weighted by molar-refractivity contribution is 5.13. The van der Waals surface area contributed by atoms with Gasteiger partial charge in [0.1, 0.15) is 0 Å². The third kappa shape index (κ3) is 11.2. The van der Waals surface area contributed by atoms with E-state index in [2.05, 4.69) is 32.6 Å². The smallest absolute Gasteiger partial charge is 0.0720 e. The van der Waals surface area contributed by atoms with E-state index in [0.29, 0.717) is 6.10 Å². The second-order valence-corrected chi connectivity index (χ2v) is 4.76. The summed E-state index contributed by atoms with van der Waals surface area (Å²) in [4.78, 5) is 0. The molecule has 0 radical (unpaired) electrons. The van der Waals surface area contributed by atoms with Crippen molar-refractivity contribution in [3.63, 3.8) is 0 Å². The molecule has 0 saturated heterocycles. The van der Waals surface area contributed by atoms with Crippen molar-refractivity contribution in [2.75, 3.05) is 0 Å². The maximum Gasteiger partial charge on any atom is 0.0720 e. The third-order valence-corrected chi connectivity index (χ3v) is 2.06. The molecule has 0 bridgehead atoms. The highest BCUT2D eigenvalue weighted by Crippen LogP contribution is 2.02. The van der Waals surface area contributed by atoms with E-state index in [-0.39, 0.29) is 0 Å². The minimum absolute atomic E-state index is 0.315. The standard InChI is InChI=1S/C10H14O.C6H12/c1-9(2)11-8-10-6-4-3-5-7-10;1-4-5-6(2)3/h3-7,9H,8H2,1-2H3;4,6H,1,5H2,2-3H3. The molecule has 0 unspecified atom stereocenters. The fraction of sp³-hybridized carbons (Fsp3) is 0.500. The lowest BCUT2D eigenvalue weighted by Gasteiger charge is -2.06. The van der Waals surface area contributed by atoms with Crippen LogP contribution in [0.15, 0.2) is 43.0 Å². The van der Waals surface area contributed by atoms with Gasteiger partial charge in [0.05, 0.1) is 12.7 Å². The molecule has 96 valence electrons. The van der Waals surface area contributed by atoms with Gasteiger partial charge in [0.25, 0.3) is 0 Å². The lowest BCUT2D eigenvalue weighted by atomic mass is 10.1. The summed E-state index contributed by atoms with van der Waals surface area (Å²) < 4.78 is 5.43. The zero-order valence-corrected chi connectivity index (χ0v) is 11.6. The Bertz CT molecular complexity index is 275. The fourth-order valence-corrected chi connectivity index (χ4v) is 1.17. The molecule has 1 nitrogen and oxygen atoms in total. The van der Waals surface area contributed by atoms with Crippen molar-refractivity contribution < 1.29 is 4.74 Å². The van der Waals surface area contributed by atoms with Crippen LogP contribution in [0.4, 0.5) is 0 Å². The number of hydrogen-bond donors (Lipinski definition) is 0. The summed E-state index contributed by atoms with van der Waals surface area (Å²) in [6.45, 7) is 12.8. The Labute approximate surface area is 107 Å². The van der Waals surface area contributed by atoms with Gasteiger partial charge in [0.15, 0.2) is 0 Å². The SMILES string of the molecule is C=CCC(C)C.CC(C)OCc1ccccc1. The van der Waals surface area contributed by atoms with E-state index in [1.165, 1.54) is 5.56 Å². The summed E-state index contributed by atoms with van der Waals surface area (Å²) in [6.07, 6.45) is 3.40. The first-order valence-electron chi connectivity index (χ1n) is 6.32. The molecule has 0 aliphatic carbocycles. The summed E-state index contributed by atoms with van der Waals surface area (Å²) >= 11 is 0. The van der Waals surface area contributed by atoms with E-state index in [4.69, 9.17) is 4.74 Å². The van der Waals surface area contributed by atoms with Crippen LogP contribution < -0.4 is 0 Å². The molecule has 0 N–H and O–H groups in total. The molecule has 0 saturated carbocycles. The second kappa shape index (κ2) is 10.1. The average Bonchev–Trinajstić information content (AvgIpc) is 2.28. The van der Waals surface area contributed by atoms with Crippen molar-refractivity contribution in [1.82, 2.24) is 0 Å². The summed E-state index contributed by atoms with van der Waals surface area (Å²) in [5, 5.41) is 0. The zero-order chi connectivity index (χ0) is 13.1. The van der Waals surface area contributed by atoms with Gasteiger partial charge in [0.2, 0.25) is 0 Å². The summed E-state index contributed by atoms with van der Waals surface area (Å²) in [7, 11) is 0. The summed E-state index contributed by atoms with van der Waals surface area (Å²) in [6, 6.07) is 10.2. The first-order valence-corrected chi connectivity index (χ1v) is 6.32. The molecule has 0 heterocycles. The molecule has 17 heavy (non-hydrogen) atoms. The first kappa shape index (κ1) is 15.9. The predicted octanol–water partition coefficient (Wildman–Crippen LogP) is 4.83. The summed E-state index contributed by atoms with van der Waals surface area (Å²) in [5.74, 6) is 0.780. The van der Waals surface area contributed by atoms with Gasteiger partial charge in [-0.15, -0.1) is 6.58 Å². The van der Waals surface area contributed by atoms with Gasteiger partial charge in [0, 0.05) is 0 Å². The van der Waals surface area contributed by atoms with Crippen molar-refractivity contribution in [3.8, 4) is 0 Å². The molecule has 0 spiro atoms. The first-order chi connectivity index (χ1) is 8.06. The average molecular weight is 234 g/mol. The van der Waals surface area contributed by atoms with Crippen LogP contribution in [-0.2, 0) is 11.3 Å². The molecule has 0 atom stereocenters. The molecule has 1 aromatic carbocycles. The van der Waals surface area contributed by atoms with Gasteiger partial charge in [-0.05, 0) is 31.7 Å². The third-order valence-electron chi connectivity index (χ3n) is 2.06. The Kier molecular flexibility index (Phi) is 9.46. The number of allylic oxidation sites excluding steroid dienone is 1. The molecule has 1 aromatic rings. The van der Waals surface area contributed by atoms with Gasteiger partial charge in [-0.3, -0.25) is 0 Å². The van der Waals surface area contributed by atoms with E-state index in [1.807, 2.05) is 38.1 Å². The van der Waals surface area contributed by atoms with Gasteiger partial charge in [-0.1, -0.05) is 50.3 Å². The van der Waals surface area contributed by atoms with Crippen LogP contribution in [0.5, 0.6) is 0 Å². The number of ether oxygens (including phenoxy) is 1.